The Kier molecular flexibility index (Phi) is 7.73. The lowest BCUT2D eigenvalue weighted by Gasteiger charge is -2.24. The first kappa shape index (κ1) is 27.1. The molecule has 4 aromatic rings. The van der Waals surface area contributed by atoms with Crippen LogP contribution in [0.15, 0.2) is 42.7 Å². The summed E-state index contributed by atoms with van der Waals surface area (Å²) in [7, 11) is 3.50. The molecule has 38 heavy (non-hydrogen) atoms. The lowest BCUT2D eigenvalue weighted by molar-refractivity contribution is 0.0283. The van der Waals surface area contributed by atoms with E-state index in [1.807, 2.05) is 57.5 Å². The summed E-state index contributed by atoms with van der Waals surface area (Å²) in [4.78, 5) is 18.4. The number of carbonyl (C=O) groups excluding carboxylic acids is 1. The van der Waals surface area contributed by atoms with Crippen LogP contribution in [-0.2, 0) is 31.4 Å². The van der Waals surface area contributed by atoms with Crippen molar-refractivity contribution in [1.29, 1.82) is 0 Å². The lowest BCUT2D eigenvalue weighted by atomic mass is 10.1. The van der Waals surface area contributed by atoms with E-state index in [1.54, 1.807) is 24.0 Å². The Hall–Kier alpha value is -3.92. The van der Waals surface area contributed by atoms with Crippen LogP contribution >= 0.6 is 0 Å². The van der Waals surface area contributed by atoms with E-state index in [-0.39, 0.29) is 13.2 Å². The maximum absolute atomic E-state index is 14.2. The highest BCUT2D eigenvalue weighted by Crippen LogP contribution is 2.32. The first-order valence-electron chi connectivity index (χ1n) is 12.4. The van der Waals surface area contributed by atoms with Gasteiger partial charge in [0.25, 0.3) is 0 Å². The van der Waals surface area contributed by atoms with Crippen molar-refractivity contribution >= 4 is 11.7 Å². The minimum absolute atomic E-state index is 0.154. The van der Waals surface area contributed by atoms with Crippen molar-refractivity contribution in [2.75, 3.05) is 13.7 Å². The van der Waals surface area contributed by atoms with Gasteiger partial charge in [-0.25, -0.2) is 14.2 Å². The van der Waals surface area contributed by atoms with E-state index in [9.17, 15) is 14.3 Å². The summed E-state index contributed by atoms with van der Waals surface area (Å²) in [5.41, 5.74) is 4.93. The number of aliphatic hydroxyl groups excluding tert-OH is 1. The van der Waals surface area contributed by atoms with Gasteiger partial charge in [0.1, 0.15) is 22.8 Å². The summed E-state index contributed by atoms with van der Waals surface area (Å²) in [5.74, 6) is 0.00437. The predicted octanol–water partition coefficient (Wildman–Crippen LogP) is 4.66. The van der Waals surface area contributed by atoms with E-state index < -0.39 is 17.5 Å². The van der Waals surface area contributed by atoms with Gasteiger partial charge in [-0.3, -0.25) is 4.68 Å². The first-order valence-corrected chi connectivity index (χ1v) is 12.4. The lowest BCUT2D eigenvalue weighted by Crippen LogP contribution is -2.34. The van der Waals surface area contributed by atoms with Crippen LogP contribution < -0.4 is 4.74 Å². The summed E-state index contributed by atoms with van der Waals surface area (Å²) < 4.78 is 29.4. The molecule has 0 spiro atoms. The summed E-state index contributed by atoms with van der Waals surface area (Å²) in [6, 6.07) is 8.22. The number of benzene rings is 1. The van der Waals surface area contributed by atoms with Crippen molar-refractivity contribution < 1.29 is 23.8 Å². The zero-order valence-electron chi connectivity index (χ0n) is 22.7. The minimum Gasteiger partial charge on any atom is -0.492 e. The fourth-order valence-corrected chi connectivity index (χ4v) is 4.24. The molecule has 202 valence electrons. The van der Waals surface area contributed by atoms with Crippen LogP contribution in [-0.4, -0.2) is 54.5 Å². The highest BCUT2D eigenvalue weighted by molar-refractivity contribution is 5.71. The number of carbonyl (C=O) groups is 1. The summed E-state index contributed by atoms with van der Waals surface area (Å²) in [6.07, 6.45) is 3.71. The molecule has 0 saturated carbocycles. The number of ether oxygens (including phenoxy) is 2. The number of aromatic nitrogens is 4. The van der Waals surface area contributed by atoms with Crippen molar-refractivity contribution in [3.8, 4) is 16.9 Å². The molecule has 1 amide bonds. The van der Waals surface area contributed by atoms with Crippen molar-refractivity contribution in [2.45, 2.75) is 52.9 Å². The highest BCUT2D eigenvalue weighted by atomic mass is 19.1. The van der Waals surface area contributed by atoms with Crippen LogP contribution in [0.1, 0.15) is 43.4 Å². The number of aryl methyl sites for hydroxylation is 1. The van der Waals surface area contributed by atoms with E-state index >= 15 is 0 Å². The zero-order valence-corrected chi connectivity index (χ0v) is 22.7. The third kappa shape index (κ3) is 5.96. The van der Waals surface area contributed by atoms with Crippen molar-refractivity contribution in [3.63, 3.8) is 0 Å². The maximum Gasteiger partial charge on any atom is 0.410 e. The van der Waals surface area contributed by atoms with E-state index in [2.05, 4.69) is 10.1 Å². The van der Waals surface area contributed by atoms with Gasteiger partial charge in [0.2, 0.25) is 0 Å². The average Bonchev–Trinajstić information content (AvgIpc) is 3.38. The summed E-state index contributed by atoms with van der Waals surface area (Å²) in [6.45, 7) is 7.84. The van der Waals surface area contributed by atoms with Gasteiger partial charge in [0, 0.05) is 55.2 Å². The third-order valence-corrected chi connectivity index (χ3v) is 6.24. The number of amides is 1. The number of fused-ring (bicyclic) bond motifs is 1. The number of halogens is 1. The Bertz CT molecular complexity index is 1450. The second-order valence-corrected chi connectivity index (χ2v) is 10.3. The Morgan fingerprint density at radius 2 is 1.97 bits per heavy atom. The zero-order chi connectivity index (χ0) is 27.6. The fourth-order valence-electron chi connectivity index (χ4n) is 4.24. The molecule has 9 nitrogen and oxygen atoms in total. The molecule has 0 bridgehead atoms. The standard InChI is InChI=1S/C28H34FN5O4/c1-18-22(24(17-35)31-33(18)6)11-12-37-25-13-20(29)8-9-23(25)19-7-10-26-30-14-21(34(26)15-19)16-32(5)27(36)38-28(2,3)4/h7-10,13-15,35H,11-12,16-17H2,1-6H3. The number of rotatable bonds is 8. The predicted molar refractivity (Wildman–Crippen MR) is 141 cm³/mol. The van der Waals surface area contributed by atoms with Gasteiger partial charge in [0.05, 0.1) is 37.3 Å². The molecule has 0 atom stereocenters. The molecular formula is C28H34FN5O4. The molecular weight excluding hydrogens is 489 g/mol. The van der Waals surface area contributed by atoms with Crippen molar-refractivity contribution in [3.05, 3.63) is 71.2 Å². The molecule has 1 aromatic carbocycles. The van der Waals surface area contributed by atoms with Crippen LogP contribution in [0.3, 0.4) is 0 Å². The topological polar surface area (TPSA) is 94.1 Å². The van der Waals surface area contributed by atoms with Crippen LogP contribution in [0, 0.1) is 12.7 Å². The molecule has 4 rings (SSSR count). The second-order valence-electron chi connectivity index (χ2n) is 10.3. The molecule has 0 unspecified atom stereocenters. The molecule has 0 aliphatic carbocycles. The molecule has 0 radical (unpaired) electrons. The van der Waals surface area contributed by atoms with E-state index in [0.29, 0.717) is 24.4 Å². The molecule has 1 N–H and O–H groups in total. The molecule has 0 fully saturated rings. The second kappa shape index (κ2) is 10.8. The molecule has 0 saturated heterocycles. The number of imidazole rings is 1. The van der Waals surface area contributed by atoms with Crippen LogP contribution in [0.2, 0.25) is 0 Å². The monoisotopic (exact) mass is 523 g/mol. The third-order valence-electron chi connectivity index (χ3n) is 6.24. The van der Waals surface area contributed by atoms with Gasteiger partial charge in [-0.1, -0.05) is 0 Å². The average molecular weight is 524 g/mol. The van der Waals surface area contributed by atoms with E-state index in [4.69, 9.17) is 9.47 Å². The minimum atomic E-state index is -0.591. The maximum atomic E-state index is 14.2. The Morgan fingerprint density at radius 1 is 1.21 bits per heavy atom. The molecule has 10 heteroatoms. The smallest absolute Gasteiger partial charge is 0.410 e. The molecule has 0 aliphatic heterocycles. The number of hydrogen-bond acceptors (Lipinski definition) is 6. The van der Waals surface area contributed by atoms with Crippen LogP contribution in [0.25, 0.3) is 16.8 Å². The largest absolute Gasteiger partial charge is 0.492 e. The quantitative estimate of drug-likeness (QED) is 0.361. The Morgan fingerprint density at radius 3 is 2.68 bits per heavy atom. The Balaban J connectivity index is 1.57. The van der Waals surface area contributed by atoms with E-state index in [0.717, 1.165) is 33.7 Å². The van der Waals surface area contributed by atoms with Gasteiger partial charge >= 0.3 is 6.09 Å². The number of pyridine rings is 1. The summed E-state index contributed by atoms with van der Waals surface area (Å²) in [5, 5.41) is 13.9. The van der Waals surface area contributed by atoms with Crippen molar-refractivity contribution in [2.24, 2.45) is 7.05 Å². The van der Waals surface area contributed by atoms with Crippen LogP contribution in [0.5, 0.6) is 5.75 Å². The molecule has 0 aliphatic rings. The van der Waals surface area contributed by atoms with Crippen LogP contribution in [0.4, 0.5) is 9.18 Å². The van der Waals surface area contributed by atoms with Gasteiger partial charge in [-0.2, -0.15) is 5.10 Å². The molecule has 3 heterocycles. The van der Waals surface area contributed by atoms with Gasteiger partial charge in [-0.15, -0.1) is 0 Å². The van der Waals surface area contributed by atoms with Crippen molar-refractivity contribution in [1.82, 2.24) is 24.1 Å². The van der Waals surface area contributed by atoms with E-state index in [1.165, 1.54) is 17.0 Å². The van der Waals surface area contributed by atoms with Gasteiger partial charge in [-0.05, 0) is 52.0 Å². The highest BCUT2D eigenvalue weighted by Gasteiger charge is 2.21. The first-order chi connectivity index (χ1) is 18.0. The Labute approximate surface area is 221 Å². The van der Waals surface area contributed by atoms with Gasteiger partial charge < -0.3 is 23.9 Å². The number of hydrogen-bond donors (Lipinski definition) is 1. The number of aliphatic hydroxyl groups is 1. The fraction of sp³-hybridized carbons (Fsp3) is 0.393. The SMILES string of the molecule is Cc1c(CCOc2cc(F)ccc2-c2ccc3ncc(CN(C)C(=O)OC(C)(C)C)n3c2)c(CO)nn1C. The number of nitrogens with zero attached hydrogens (tertiary/aromatic N) is 5. The summed E-state index contributed by atoms with van der Waals surface area (Å²) >= 11 is 0. The molecule has 3 aromatic heterocycles. The normalized spacial score (nSPS) is 11.7. The van der Waals surface area contributed by atoms with Gasteiger partial charge in [0.15, 0.2) is 0 Å².